The first-order valence-electron chi connectivity index (χ1n) is 9.55. The number of allylic oxidation sites excluding steroid dienone is 1. The number of hydrogen-bond donors (Lipinski definition) is 2. The van der Waals surface area contributed by atoms with Gasteiger partial charge in [-0.05, 0) is 66.1 Å². The van der Waals surface area contributed by atoms with E-state index in [-0.39, 0.29) is 17.7 Å². The fourth-order valence-corrected chi connectivity index (χ4v) is 3.44. The molecular weight excluding hydrogens is 338 g/mol. The van der Waals surface area contributed by atoms with E-state index in [0.717, 1.165) is 53.6 Å². The van der Waals surface area contributed by atoms with Crippen molar-refractivity contribution >= 4 is 28.9 Å². The highest BCUT2D eigenvalue weighted by molar-refractivity contribution is 5.96. The summed E-state index contributed by atoms with van der Waals surface area (Å²) in [5, 5.41) is 5.94. The fourth-order valence-electron chi connectivity index (χ4n) is 3.44. The molecule has 5 nitrogen and oxygen atoms in total. The third-order valence-electron chi connectivity index (χ3n) is 5.00. The number of hydrogen-bond acceptors (Lipinski definition) is 3. The molecule has 4 rings (SSSR count). The molecule has 0 bridgehead atoms. The molecule has 27 heavy (non-hydrogen) atoms. The maximum absolute atomic E-state index is 12.0. The minimum absolute atomic E-state index is 0.0494. The van der Waals surface area contributed by atoms with Crippen LogP contribution >= 0.6 is 0 Å². The van der Waals surface area contributed by atoms with E-state index in [9.17, 15) is 9.59 Å². The van der Waals surface area contributed by atoms with Crippen molar-refractivity contribution in [2.75, 3.05) is 10.6 Å². The summed E-state index contributed by atoms with van der Waals surface area (Å²) >= 11 is 0. The molecule has 1 fully saturated rings. The number of nitrogens with one attached hydrogen (secondary N) is 2. The lowest BCUT2D eigenvalue weighted by Crippen LogP contribution is -2.14. The van der Waals surface area contributed by atoms with E-state index in [1.54, 1.807) is 6.20 Å². The zero-order valence-electron chi connectivity index (χ0n) is 15.4. The number of anilines is 2. The monoisotopic (exact) mass is 361 g/mol. The first kappa shape index (κ1) is 17.5. The molecule has 2 aliphatic carbocycles. The van der Waals surface area contributed by atoms with Crippen LogP contribution in [0.15, 0.2) is 42.6 Å². The lowest BCUT2D eigenvalue weighted by molar-refractivity contribution is -0.117. The van der Waals surface area contributed by atoms with Gasteiger partial charge in [0.1, 0.15) is 5.82 Å². The topological polar surface area (TPSA) is 71.1 Å². The molecule has 0 spiro atoms. The minimum atomic E-state index is 0.0494. The molecule has 0 aliphatic heterocycles. The summed E-state index contributed by atoms with van der Waals surface area (Å²) in [5.74, 6) is 0.844. The van der Waals surface area contributed by atoms with Crippen molar-refractivity contribution in [1.82, 2.24) is 4.98 Å². The van der Waals surface area contributed by atoms with Crippen molar-refractivity contribution in [2.24, 2.45) is 5.92 Å². The molecule has 2 N–H and O–H groups in total. The number of pyridine rings is 1. The quantitative estimate of drug-likeness (QED) is 0.812. The molecule has 0 radical (unpaired) electrons. The zero-order chi connectivity index (χ0) is 18.8. The van der Waals surface area contributed by atoms with Crippen molar-refractivity contribution in [1.29, 1.82) is 0 Å². The number of fused-ring (bicyclic) bond motifs is 1. The molecule has 2 aromatic rings. The number of aromatic nitrogens is 1. The smallest absolute Gasteiger partial charge is 0.228 e. The van der Waals surface area contributed by atoms with E-state index in [4.69, 9.17) is 0 Å². The van der Waals surface area contributed by atoms with Gasteiger partial charge in [-0.3, -0.25) is 9.59 Å². The number of carbonyl (C=O) groups is 2. The molecule has 0 atom stereocenters. The molecule has 1 saturated carbocycles. The van der Waals surface area contributed by atoms with Crippen LogP contribution in [0.5, 0.6) is 0 Å². The van der Waals surface area contributed by atoms with Crippen molar-refractivity contribution in [3.63, 3.8) is 0 Å². The highest BCUT2D eigenvalue weighted by Gasteiger charge is 2.30. The summed E-state index contributed by atoms with van der Waals surface area (Å²) in [6.07, 6.45) is 7.97. The summed E-state index contributed by atoms with van der Waals surface area (Å²) in [7, 11) is 0. The van der Waals surface area contributed by atoms with Gasteiger partial charge in [0.25, 0.3) is 0 Å². The van der Waals surface area contributed by atoms with E-state index in [0.29, 0.717) is 12.2 Å². The molecule has 2 amide bonds. The van der Waals surface area contributed by atoms with Crippen LogP contribution in [0.4, 0.5) is 11.5 Å². The summed E-state index contributed by atoms with van der Waals surface area (Å²) in [6, 6.07) is 9.87. The van der Waals surface area contributed by atoms with Crippen LogP contribution in [0.25, 0.3) is 5.57 Å². The number of amides is 2. The van der Waals surface area contributed by atoms with Crippen molar-refractivity contribution in [3.8, 4) is 0 Å². The Hall–Kier alpha value is -2.95. The molecule has 1 aromatic heterocycles. The Bertz CT molecular complexity index is 929. The minimum Gasteiger partial charge on any atom is -0.326 e. The van der Waals surface area contributed by atoms with Gasteiger partial charge in [0, 0.05) is 24.2 Å². The van der Waals surface area contributed by atoms with Gasteiger partial charge in [0.15, 0.2) is 0 Å². The van der Waals surface area contributed by atoms with Crippen molar-refractivity contribution in [3.05, 3.63) is 59.3 Å². The van der Waals surface area contributed by atoms with Gasteiger partial charge >= 0.3 is 0 Å². The molecule has 1 aromatic carbocycles. The predicted octanol–water partition coefficient (Wildman–Crippen LogP) is 4.16. The van der Waals surface area contributed by atoms with Gasteiger partial charge in [0.05, 0.1) is 0 Å². The van der Waals surface area contributed by atoms with E-state index in [2.05, 4.69) is 27.8 Å². The Morgan fingerprint density at radius 2 is 2.04 bits per heavy atom. The highest BCUT2D eigenvalue weighted by Crippen LogP contribution is 2.37. The van der Waals surface area contributed by atoms with E-state index in [1.807, 2.05) is 31.2 Å². The normalized spacial score (nSPS) is 15.1. The Balaban J connectivity index is 1.57. The predicted molar refractivity (Wildman–Crippen MR) is 106 cm³/mol. The van der Waals surface area contributed by atoms with E-state index < -0.39 is 0 Å². The first-order chi connectivity index (χ1) is 13.2. The highest BCUT2D eigenvalue weighted by atomic mass is 16.2. The second kappa shape index (κ2) is 7.35. The summed E-state index contributed by atoms with van der Waals surface area (Å²) in [4.78, 5) is 28.3. The van der Waals surface area contributed by atoms with E-state index in [1.165, 1.54) is 0 Å². The summed E-state index contributed by atoms with van der Waals surface area (Å²) in [6.45, 7) is 2.00. The number of benzene rings is 1. The van der Waals surface area contributed by atoms with Gasteiger partial charge in [-0.25, -0.2) is 4.98 Å². The Morgan fingerprint density at radius 1 is 1.19 bits per heavy atom. The molecule has 0 unspecified atom stereocenters. The Kier molecular flexibility index (Phi) is 4.75. The van der Waals surface area contributed by atoms with Crippen LogP contribution < -0.4 is 10.6 Å². The third kappa shape index (κ3) is 3.77. The molecular formula is C22H23N3O2. The van der Waals surface area contributed by atoms with Crippen LogP contribution in [0.1, 0.15) is 49.3 Å². The largest absolute Gasteiger partial charge is 0.326 e. The average Bonchev–Trinajstić information content (AvgIpc) is 3.42. The van der Waals surface area contributed by atoms with Crippen molar-refractivity contribution < 1.29 is 9.59 Å². The Morgan fingerprint density at radius 3 is 2.81 bits per heavy atom. The van der Waals surface area contributed by atoms with Gasteiger partial charge in [0.2, 0.25) is 11.8 Å². The van der Waals surface area contributed by atoms with Crippen LogP contribution in [0.3, 0.4) is 0 Å². The molecule has 1 heterocycles. The van der Waals surface area contributed by atoms with Gasteiger partial charge in [-0.2, -0.15) is 0 Å². The zero-order valence-corrected chi connectivity index (χ0v) is 15.4. The SMILES string of the molecule is CCCC(=O)Nc1cccc2c1CC=C2c1ccnc(NC(=O)C2CC2)c1. The summed E-state index contributed by atoms with van der Waals surface area (Å²) < 4.78 is 0. The van der Waals surface area contributed by atoms with Gasteiger partial charge < -0.3 is 10.6 Å². The standard InChI is InChI=1S/C22H23N3O2/c1-2-4-21(26)24-19-6-3-5-17-16(9-10-18(17)19)15-11-12-23-20(13-15)25-22(27)14-7-8-14/h3,5-6,9,11-14H,2,4,7-8,10H2,1H3,(H,24,26)(H,23,25,27). The maximum atomic E-state index is 12.0. The van der Waals surface area contributed by atoms with Crippen molar-refractivity contribution in [2.45, 2.75) is 39.0 Å². The average molecular weight is 361 g/mol. The van der Waals surface area contributed by atoms with E-state index >= 15 is 0 Å². The molecule has 0 saturated heterocycles. The maximum Gasteiger partial charge on any atom is 0.228 e. The lowest BCUT2D eigenvalue weighted by Gasteiger charge is -2.12. The van der Waals surface area contributed by atoms with Crippen LogP contribution in [0, 0.1) is 5.92 Å². The molecule has 2 aliphatic rings. The Labute approximate surface area is 158 Å². The molecule has 138 valence electrons. The number of nitrogens with zero attached hydrogens (tertiary/aromatic N) is 1. The van der Waals surface area contributed by atoms with Gasteiger partial charge in [-0.15, -0.1) is 0 Å². The van der Waals surface area contributed by atoms with Crippen LogP contribution in [0.2, 0.25) is 0 Å². The number of carbonyl (C=O) groups excluding carboxylic acids is 2. The second-order valence-electron chi connectivity index (χ2n) is 7.15. The first-order valence-corrected chi connectivity index (χ1v) is 9.55. The van der Waals surface area contributed by atoms with Crippen LogP contribution in [-0.4, -0.2) is 16.8 Å². The molecule has 5 heteroatoms. The van der Waals surface area contributed by atoms with Crippen LogP contribution in [-0.2, 0) is 16.0 Å². The number of rotatable bonds is 6. The lowest BCUT2D eigenvalue weighted by atomic mass is 9.99. The third-order valence-corrected chi connectivity index (χ3v) is 5.00. The summed E-state index contributed by atoms with van der Waals surface area (Å²) in [5.41, 5.74) is 5.27. The van der Waals surface area contributed by atoms with Gasteiger partial charge in [-0.1, -0.05) is 25.1 Å². The fraction of sp³-hybridized carbons (Fsp3) is 0.318. The second-order valence-corrected chi connectivity index (χ2v) is 7.15.